The lowest BCUT2D eigenvalue weighted by Crippen LogP contribution is -2.10. The maximum Gasteiger partial charge on any atom is 0.125 e. The van der Waals surface area contributed by atoms with Crippen LogP contribution in [-0.4, -0.2) is 7.05 Å². The van der Waals surface area contributed by atoms with Gasteiger partial charge in [-0.15, -0.1) is 0 Å². The number of anilines is 1. The van der Waals surface area contributed by atoms with Gasteiger partial charge in [-0.25, -0.2) is 4.39 Å². The quantitative estimate of drug-likeness (QED) is 0.725. The van der Waals surface area contributed by atoms with Crippen molar-refractivity contribution < 1.29 is 4.39 Å². The fourth-order valence-electron chi connectivity index (χ4n) is 1.45. The van der Waals surface area contributed by atoms with E-state index in [1.54, 1.807) is 12.1 Å². The summed E-state index contributed by atoms with van der Waals surface area (Å²) in [5, 5.41) is 0. The Bertz CT molecular complexity index is 390. The van der Waals surface area contributed by atoms with Gasteiger partial charge in [0, 0.05) is 13.2 Å². The van der Waals surface area contributed by atoms with E-state index in [9.17, 15) is 4.39 Å². The second-order valence-electron chi connectivity index (χ2n) is 3.72. The van der Waals surface area contributed by atoms with E-state index in [1.165, 1.54) is 12.1 Å². The lowest BCUT2D eigenvalue weighted by molar-refractivity contribution is 0.627. The van der Waals surface area contributed by atoms with Gasteiger partial charge in [0.25, 0.3) is 0 Å². The van der Waals surface area contributed by atoms with E-state index in [4.69, 9.17) is 0 Å². The molecule has 1 aromatic carbocycles. The predicted molar refractivity (Wildman–Crippen MR) is 64.3 cm³/mol. The van der Waals surface area contributed by atoms with Crippen molar-refractivity contribution in [1.82, 2.24) is 0 Å². The monoisotopic (exact) mass is 205 g/mol. The lowest BCUT2D eigenvalue weighted by Gasteiger charge is -2.17. The highest BCUT2D eigenvalue weighted by atomic mass is 19.1. The van der Waals surface area contributed by atoms with Crippen LogP contribution in [0.4, 0.5) is 10.1 Å². The Labute approximate surface area is 90.5 Å². The van der Waals surface area contributed by atoms with Crippen molar-refractivity contribution in [2.24, 2.45) is 0 Å². The molecule has 0 aliphatic heterocycles. The molecule has 0 aliphatic carbocycles. The van der Waals surface area contributed by atoms with Crippen LogP contribution in [0.25, 0.3) is 6.08 Å². The number of hydrogen-bond acceptors (Lipinski definition) is 1. The second-order valence-corrected chi connectivity index (χ2v) is 3.72. The van der Waals surface area contributed by atoms with E-state index >= 15 is 0 Å². The Hall–Kier alpha value is -1.57. The molecule has 0 amide bonds. The molecular weight excluding hydrogens is 189 g/mol. The molecule has 0 saturated heterocycles. The van der Waals surface area contributed by atoms with Crippen molar-refractivity contribution in [3.63, 3.8) is 0 Å². The zero-order valence-corrected chi connectivity index (χ0v) is 9.42. The van der Waals surface area contributed by atoms with Gasteiger partial charge in [-0.05, 0) is 31.5 Å². The molecule has 0 N–H and O–H groups in total. The SMILES string of the molecule is C=Cc1ccc(F)cc1N(C)C=C(C)C. The summed E-state index contributed by atoms with van der Waals surface area (Å²) in [4.78, 5) is 1.90. The maximum atomic E-state index is 13.1. The van der Waals surface area contributed by atoms with Crippen molar-refractivity contribution in [2.45, 2.75) is 13.8 Å². The molecular formula is C13H16FN. The van der Waals surface area contributed by atoms with Crippen molar-refractivity contribution in [3.8, 4) is 0 Å². The smallest absolute Gasteiger partial charge is 0.125 e. The molecule has 0 atom stereocenters. The molecule has 0 saturated carbocycles. The van der Waals surface area contributed by atoms with Gasteiger partial charge in [-0.2, -0.15) is 0 Å². The van der Waals surface area contributed by atoms with Gasteiger partial charge in [-0.3, -0.25) is 0 Å². The van der Waals surface area contributed by atoms with Gasteiger partial charge in [0.05, 0.1) is 5.69 Å². The van der Waals surface area contributed by atoms with Crippen LogP contribution < -0.4 is 4.90 Å². The third-order valence-corrected chi connectivity index (χ3v) is 2.04. The number of nitrogens with zero attached hydrogens (tertiary/aromatic N) is 1. The minimum atomic E-state index is -0.232. The zero-order valence-electron chi connectivity index (χ0n) is 9.42. The van der Waals surface area contributed by atoms with Crippen molar-refractivity contribution in [2.75, 3.05) is 11.9 Å². The molecule has 0 spiro atoms. The van der Waals surface area contributed by atoms with Crippen LogP contribution in [0.1, 0.15) is 19.4 Å². The van der Waals surface area contributed by atoms with Gasteiger partial charge in [-0.1, -0.05) is 24.3 Å². The van der Waals surface area contributed by atoms with E-state index in [0.29, 0.717) is 0 Å². The van der Waals surface area contributed by atoms with Gasteiger partial charge in [0.15, 0.2) is 0 Å². The number of hydrogen-bond donors (Lipinski definition) is 0. The summed E-state index contributed by atoms with van der Waals surface area (Å²) >= 11 is 0. The average molecular weight is 205 g/mol. The molecule has 2 heteroatoms. The van der Waals surface area contributed by atoms with Crippen molar-refractivity contribution >= 4 is 11.8 Å². The Morgan fingerprint density at radius 2 is 2.07 bits per heavy atom. The average Bonchev–Trinajstić information content (AvgIpc) is 2.16. The van der Waals surface area contributed by atoms with Crippen LogP contribution in [0.5, 0.6) is 0 Å². The van der Waals surface area contributed by atoms with Crippen molar-refractivity contribution in [1.29, 1.82) is 0 Å². The largest absolute Gasteiger partial charge is 0.351 e. The Morgan fingerprint density at radius 3 is 2.60 bits per heavy atom. The second kappa shape index (κ2) is 4.78. The highest BCUT2D eigenvalue weighted by Crippen LogP contribution is 2.22. The van der Waals surface area contributed by atoms with E-state index in [1.807, 2.05) is 32.0 Å². The van der Waals surface area contributed by atoms with Crippen LogP contribution >= 0.6 is 0 Å². The van der Waals surface area contributed by atoms with Crippen molar-refractivity contribution in [3.05, 3.63) is 47.9 Å². The first kappa shape index (κ1) is 11.5. The molecule has 1 nitrogen and oxygen atoms in total. The fourth-order valence-corrected chi connectivity index (χ4v) is 1.45. The molecule has 0 fully saturated rings. The fraction of sp³-hybridized carbons (Fsp3) is 0.231. The summed E-state index contributed by atoms with van der Waals surface area (Å²) in [5.41, 5.74) is 2.92. The van der Waals surface area contributed by atoms with E-state index < -0.39 is 0 Å². The first-order valence-corrected chi connectivity index (χ1v) is 4.84. The lowest BCUT2D eigenvalue weighted by atomic mass is 10.1. The van der Waals surface area contributed by atoms with Gasteiger partial charge >= 0.3 is 0 Å². The molecule has 0 bridgehead atoms. The third-order valence-electron chi connectivity index (χ3n) is 2.04. The topological polar surface area (TPSA) is 3.24 Å². The number of rotatable bonds is 3. The van der Waals surface area contributed by atoms with Crippen LogP contribution in [0.3, 0.4) is 0 Å². The molecule has 15 heavy (non-hydrogen) atoms. The summed E-state index contributed by atoms with van der Waals surface area (Å²) in [5.74, 6) is -0.232. The highest BCUT2D eigenvalue weighted by molar-refractivity contribution is 5.67. The molecule has 0 radical (unpaired) electrons. The molecule has 0 aliphatic rings. The predicted octanol–water partition coefficient (Wildman–Crippen LogP) is 3.83. The normalized spacial score (nSPS) is 9.60. The molecule has 80 valence electrons. The summed E-state index contributed by atoms with van der Waals surface area (Å²) in [6.07, 6.45) is 3.69. The van der Waals surface area contributed by atoms with Crippen LogP contribution in [0.2, 0.25) is 0 Å². The summed E-state index contributed by atoms with van der Waals surface area (Å²) in [7, 11) is 1.90. The standard InChI is InChI=1S/C13H16FN/c1-5-11-6-7-12(14)8-13(11)15(4)9-10(2)3/h5-9H,1H2,2-4H3. The summed E-state index contributed by atoms with van der Waals surface area (Å²) in [6, 6.07) is 4.68. The van der Waals surface area contributed by atoms with E-state index in [0.717, 1.165) is 16.8 Å². The van der Waals surface area contributed by atoms with E-state index in [-0.39, 0.29) is 5.82 Å². The highest BCUT2D eigenvalue weighted by Gasteiger charge is 2.04. The van der Waals surface area contributed by atoms with Gasteiger partial charge < -0.3 is 4.90 Å². The Kier molecular flexibility index (Phi) is 3.67. The first-order chi connectivity index (χ1) is 7.04. The zero-order chi connectivity index (χ0) is 11.4. The molecule has 0 unspecified atom stereocenters. The summed E-state index contributed by atoms with van der Waals surface area (Å²) in [6.45, 7) is 7.72. The summed E-state index contributed by atoms with van der Waals surface area (Å²) < 4.78 is 13.1. The minimum absolute atomic E-state index is 0.232. The first-order valence-electron chi connectivity index (χ1n) is 4.84. The van der Waals surface area contributed by atoms with Crippen LogP contribution in [0.15, 0.2) is 36.6 Å². The minimum Gasteiger partial charge on any atom is -0.351 e. The Morgan fingerprint density at radius 1 is 1.40 bits per heavy atom. The van der Waals surface area contributed by atoms with E-state index in [2.05, 4.69) is 6.58 Å². The molecule has 0 heterocycles. The molecule has 1 aromatic rings. The molecule has 1 rings (SSSR count). The Balaban J connectivity index is 3.16. The number of halogens is 1. The number of benzene rings is 1. The third kappa shape index (κ3) is 2.94. The maximum absolute atomic E-state index is 13.1. The van der Waals surface area contributed by atoms with Crippen LogP contribution in [-0.2, 0) is 0 Å². The van der Waals surface area contributed by atoms with Crippen LogP contribution in [0, 0.1) is 5.82 Å². The number of allylic oxidation sites excluding steroid dienone is 1. The molecule has 0 aromatic heterocycles. The van der Waals surface area contributed by atoms with Gasteiger partial charge in [0.2, 0.25) is 0 Å². The van der Waals surface area contributed by atoms with Gasteiger partial charge in [0.1, 0.15) is 5.82 Å².